The van der Waals surface area contributed by atoms with Crippen LogP contribution in [-0.2, 0) is 4.79 Å². The molecule has 0 atom stereocenters. The minimum Gasteiger partial charge on any atom is -0.497 e. The average Bonchev–Trinajstić information content (AvgIpc) is 2.55. The molecule has 2 aromatic carbocycles. The van der Waals surface area contributed by atoms with Crippen molar-refractivity contribution in [2.45, 2.75) is 0 Å². The first-order valence-corrected chi connectivity index (χ1v) is 7.49. The highest BCUT2D eigenvalue weighted by Crippen LogP contribution is 2.28. The zero-order chi connectivity index (χ0) is 16.8. The topological polar surface area (TPSA) is 47.6 Å². The molecule has 0 unspecified atom stereocenters. The minimum atomic E-state index is -0.407. The van der Waals surface area contributed by atoms with Crippen molar-refractivity contribution in [1.29, 1.82) is 0 Å². The summed E-state index contributed by atoms with van der Waals surface area (Å²) in [7, 11) is 3.04. The predicted octanol–water partition coefficient (Wildman–Crippen LogP) is 4.26. The highest BCUT2D eigenvalue weighted by Gasteiger charge is 2.07. The zero-order valence-corrected chi connectivity index (χ0v) is 14.2. The first-order chi connectivity index (χ1) is 11.0. The minimum absolute atomic E-state index is 0.312. The van der Waals surface area contributed by atoms with Gasteiger partial charge in [-0.3, -0.25) is 4.79 Å². The van der Waals surface area contributed by atoms with Crippen molar-refractivity contribution in [3.63, 3.8) is 0 Å². The number of rotatable bonds is 5. The van der Waals surface area contributed by atoms with Crippen molar-refractivity contribution in [2.24, 2.45) is 0 Å². The summed E-state index contributed by atoms with van der Waals surface area (Å²) in [5.41, 5.74) is 0.781. The smallest absolute Gasteiger partial charge is 0.248 e. The lowest BCUT2D eigenvalue weighted by atomic mass is 10.2. The van der Waals surface area contributed by atoms with Crippen LogP contribution < -0.4 is 14.8 Å². The molecule has 1 amide bonds. The Hall–Kier alpha value is -2.34. The number of hydrogen-bond donors (Lipinski definition) is 1. The molecule has 0 fully saturated rings. The molecule has 0 radical (unpaired) electrons. The van der Waals surface area contributed by atoms with Crippen LogP contribution in [0.4, 0.5) is 10.1 Å². The van der Waals surface area contributed by atoms with E-state index in [0.29, 0.717) is 22.7 Å². The van der Waals surface area contributed by atoms with E-state index in [4.69, 9.17) is 9.47 Å². The molecule has 0 heterocycles. The lowest BCUT2D eigenvalue weighted by molar-refractivity contribution is -0.111. The lowest BCUT2D eigenvalue weighted by Gasteiger charge is -2.10. The van der Waals surface area contributed by atoms with Gasteiger partial charge in [-0.2, -0.15) is 0 Å². The van der Waals surface area contributed by atoms with E-state index in [0.717, 1.165) is 4.47 Å². The Balaban J connectivity index is 2.16. The van der Waals surface area contributed by atoms with Crippen LogP contribution in [0.3, 0.4) is 0 Å². The van der Waals surface area contributed by atoms with E-state index in [1.165, 1.54) is 32.4 Å². The van der Waals surface area contributed by atoms with E-state index in [1.807, 2.05) is 0 Å². The molecule has 120 valence electrons. The van der Waals surface area contributed by atoms with Gasteiger partial charge >= 0.3 is 0 Å². The summed E-state index contributed by atoms with van der Waals surface area (Å²) >= 11 is 3.26. The average molecular weight is 380 g/mol. The van der Waals surface area contributed by atoms with Crippen molar-refractivity contribution < 1.29 is 18.7 Å². The summed E-state index contributed by atoms with van der Waals surface area (Å²) in [6.45, 7) is 0. The van der Waals surface area contributed by atoms with Gasteiger partial charge in [0.05, 0.1) is 19.9 Å². The summed E-state index contributed by atoms with van der Waals surface area (Å²) < 4.78 is 24.7. The Morgan fingerprint density at radius 2 is 1.96 bits per heavy atom. The molecule has 2 aromatic rings. The maximum Gasteiger partial charge on any atom is 0.248 e. The highest BCUT2D eigenvalue weighted by molar-refractivity contribution is 9.10. The van der Waals surface area contributed by atoms with Crippen LogP contribution in [0.25, 0.3) is 6.08 Å². The second-order valence-electron chi connectivity index (χ2n) is 4.55. The molecule has 0 spiro atoms. The van der Waals surface area contributed by atoms with Gasteiger partial charge in [-0.05, 0) is 36.4 Å². The number of nitrogens with one attached hydrogen (secondary N) is 1. The summed E-state index contributed by atoms with van der Waals surface area (Å²) in [6, 6.07) is 9.56. The van der Waals surface area contributed by atoms with Gasteiger partial charge in [0, 0.05) is 22.2 Å². The van der Waals surface area contributed by atoms with Crippen molar-refractivity contribution >= 4 is 33.6 Å². The molecule has 0 aliphatic rings. The maximum absolute atomic E-state index is 13.6. The van der Waals surface area contributed by atoms with Gasteiger partial charge in [-0.15, -0.1) is 0 Å². The third-order valence-electron chi connectivity index (χ3n) is 3.04. The van der Waals surface area contributed by atoms with E-state index in [1.54, 1.807) is 30.3 Å². The number of anilines is 1. The first-order valence-electron chi connectivity index (χ1n) is 6.69. The van der Waals surface area contributed by atoms with Crippen molar-refractivity contribution in [3.05, 3.63) is 58.3 Å². The Morgan fingerprint density at radius 1 is 1.17 bits per heavy atom. The fraction of sp³-hybridized carbons (Fsp3) is 0.118. The van der Waals surface area contributed by atoms with Crippen LogP contribution in [0.15, 0.2) is 46.9 Å². The zero-order valence-electron chi connectivity index (χ0n) is 12.6. The fourth-order valence-electron chi connectivity index (χ4n) is 1.89. The molecule has 1 N–H and O–H groups in total. The Bertz CT molecular complexity index is 747. The number of carbonyl (C=O) groups is 1. The third-order valence-corrected chi connectivity index (χ3v) is 3.53. The van der Waals surface area contributed by atoms with Crippen LogP contribution in [-0.4, -0.2) is 20.1 Å². The van der Waals surface area contributed by atoms with Gasteiger partial charge in [0.2, 0.25) is 5.91 Å². The molecular weight excluding hydrogens is 365 g/mol. The molecule has 0 bridgehead atoms. The van der Waals surface area contributed by atoms with Gasteiger partial charge in [0.1, 0.15) is 17.3 Å². The third kappa shape index (κ3) is 4.56. The van der Waals surface area contributed by atoms with Gasteiger partial charge in [-0.25, -0.2) is 4.39 Å². The van der Waals surface area contributed by atoms with Gasteiger partial charge in [-0.1, -0.05) is 15.9 Å². The number of carbonyl (C=O) groups excluding carboxylic acids is 1. The molecule has 0 aliphatic heterocycles. The van der Waals surface area contributed by atoms with E-state index >= 15 is 0 Å². The molecule has 2 rings (SSSR count). The van der Waals surface area contributed by atoms with E-state index in [9.17, 15) is 9.18 Å². The van der Waals surface area contributed by atoms with Crippen molar-refractivity contribution in [3.8, 4) is 11.5 Å². The highest BCUT2D eigenvalue weighted by atomic mass is 79.9. The molecule has 0 saturated heterocycles. The van der Waals surface area contributed by atoms with Gasteiger partial charge < -0.3 is 14.8 Å². The number of ether oxygens (including phenoxy) is 2. The van der Waals surface area contributed by atoms with Gasteiger partial charge in [0.15, 0.2) is 0 Å². The first kappa shape index (κ1) is 17.0. The Morgan fingerprint density at radius 3 is 2.65 bits per heavy atom. The molecule has 0 aliphatic carbocycles. The predicted molar refractivity (Wildman–Crippen MR) is 91.3 cm³/mol. The Labute approximate surface area is 142 Å². The molecule has 4 nitrogen and oxygen atoms in total. The van der Waals surface area contributed by atoms with Crippen molar-refractivity contribution in [1.82, 2.24) is 0 Å². The Kier molecular flexibility index (Phi) is 5.76. The van der Waals surface area contributed by atoms with Crippen molar-refractivity contribution in [2.75, 3.05) is 19.5 Å². The van der Waals surface area contributed by atoms with E-state index in [2.05, 4.69) is 21.2 Å². The summed E-state index contributed by atoms with van der Waals surface area (Å²) in [6.07, 6.45) is 2.66. The normalized spacial score (nSPS) is 10.6. The monoisotopic (exact) mass is 379 g/mol. The SMILES string of the molecule is COc1ccc(OC)c(NC(=O)/C=C/c2cc(Br)ccc2F)c1. The largest absolute Gasteiger partial charge is 0.497 e. The summed E-state index contributed by atoms with van der Waals surface area (Å²) in [5, 5.41) is 2.68. The molecule has 0 saturated carbocycles. The van der Waals surface area contributed by atoms with Gasteiger partial charge in [0.25, 0.3) is 0 Å². The summed E-state index contributed by atoms with van der Waals surface area (Å²) in [4.78, 5) is 12.0. The number of benzene rings is 2. The van der Waals surface area contributed by atoms with E-state index < -0.39 is 11.7 Å². The van der Waals surface area contributed by atoms with Crippen LogP contribution in [0.5, 0.6) is 11.5 Å². The summed E-state index contributed by atoms with van der Waals surface area (Å²) in [5.74, 6) is 0.274. The van der Waals surface area contributed by atoms with E-state index in [-0.39, 0.29) is 0 Å². The fourth-order valence-corrected chi connectivity index (χ4v) is 2.27. The molecular formula is C17H15BrFNO3. The number of amides is 1. The van der Waals surface area contributed by atoms with Crippen LogP contribution in [0.1, 0.15) is 5.56 Å². The number of halogens is 2. The molecule has 0 aromatic heterocycles. The second kappa shape index (κ2) is 7.78. The van der Waals surface area contributed by atoms with Crippen LogP contribution in [0.2, 0.25) is 0 Å². The standard InChI is InChI=1S/C17H15BrFNO3/c1-22-13-5-7-16(23-2)15(10-13)20-17(21)8-3-11-9-12(18)4-6-14(11)19/h3-10H,1-2H3,(H,20,21)/b8-3+. The van der Waals surface area contributed by atoms with Crippen LogP contribution in [0, 0.1) is 5.82 Å². The van der Waals surface area contributed by atoms with Crippen LogP contribution >= 0.6 is 15.9 Å². The second-order valence-corrected chi connectivity index (χ2v) is 5.47. The lowest BCUT2D eigenvalue weighted by Crippen LogP contribution is -2.09. The number of hydrogen-bond acceptors (Lipinski definition) is 3. The quantitative estimate of drug-likeness (QED) is 0.789. The molecule has 23 heavy (non-hydrogen) atoms. The maximum atomic E-state index is 13.6. The molecule has 6 heteroatoms. The number of methoxy groups -OCH3 is 2.